The molecule has 1 aliphatic rings. The maximum Gasteiger partial charge on any atom is 0.182 e. The fourth-order valence-electron chi connectivity index (χ4n) is 1.60. The molecule has 0 aliphatic carbocycles. The number of ketones is 1. The molecule has 0 unspecified atom stereocenters. The average Bonchev–Trinajstić information content (AvgIpc) is 2.47. The maximum atomic E-state index is 11.5. The minimum Gasteiger partial charge on any atom is -0.292 e. The van der Waals surface area contributed by atoms with Gasteiger partial charge >= 0.3 is 0 Å². The summed E-state index contributed by atoms with van der Waals surface area (Å²) < 4.78 is 24.1. The van der Waals surface area contributed by atoms with Gasteiger partial charge in [-0.1, -0.05) is 0 Å². The number of carbonyl (C=O) groups excluding carboxylic acids is 1. The van der Waals surface area contributed by atoms with Crippen LogP contribution in [0.3, 0.4) is 0 Å². The van der Waals surface area contributed by atoms with E-state index in [1.165, 1.54) is 10.9 Å². The van der Waals surface area contributed by atoms with Gasteiger partial charge < -0.3 is 0 Å². The molecule has 1 aliphatic heterocycles. The van der Waals surface area contributed by atoms with Crippen LogP contribution in [0.2, 0.25) is 0 Å². The van der Waals surface area contributed by atoms with E-state index in [-0.39, 0.29) is 16.4 Å². The first-order valence-electron chi connectivity index (χ1n) is 4.29. The number of rotatable bonds is 1. The molecule has 1 aromatic heterocycles. The van der Waals surface area contributed by atoms with Crippen LogP contribution in [0, 0.1) is 0 Å². The molecule has 0 N–H and O–H groups in total. The van der Waals surface area contributed by atoms with Gasteiger partial charge in [0.25, 0.3) is 0 Å². The molecule has 0 bridgehead atoms. The predicted octanol–water partition coefficient (Wildman–Crippen LogP) is 0.263. The summed E-state index contributed by atoms with van der Waals surface area (Å²) in [4.78, 5) is 11.5. The SMILES string of the molecule is CS(=O)(=O)c1cnn2c1C(=O)CCC2. The fourth-order valence-corrected chi connectivity index (χ4v) is 2.41. The number of hydrogen-bond acceptors (Lipinski definition) is 4. The summed E-state index contributed by atoms with van der Waals surface area (Å²) in [5, 5.41) is 3.89. The Hall–Kier alpha value is -1.17. The van der Waals surface area contributed by atoms with Gasteiger partial charge in [-0.15, -0.1) is 0 Å². The van der Waals surface area contributed by atoms with Crippen LogP contribution < -0.4 is 0 Å². The number of Topliss-reactive ketones (excluding diaryl/α,β-unsaturated/α-hetero) is 1. The van der Waals surface area contributed by atoms with Crippen molar-refractivity contribution in [3.8, 4) is 0 Å². The first kappa shape index (κ1) is 9.39. The van der Waals surface area contributed by atoms with E-state index in [4.69, 9.17) is 0 Å². The molecule has 5 nitrogen and oxygen atoms in total. The minimum absolute atomic E-state index is 0.0576. The van der Waals surface area contributed by atoms with E-state index in [9.17, 15) is 13.2 Å². The van der Waals surface area contributed by atoms with E-state index < -0.39 is 9.84 Å². The number of sulfone groups is 1. The summed E-state index contributed by atoms with van der Waals surface area (Å²) in [6, 6.07) is 0. The molecule has 0 atom stereocenters. The molecule has 0 aromatic carbocycles. The number of aromatic nitrogens is 2. The summed E-state index contributed by atoms with van der Waals surface area (Å²) >= 11 is 0. The van der Waals surface area contributed by atoms with Crippen LogP contribution in [0.4, 0.5) is 0 Å². The largest absolute Gasteiger partial charge is 0.292 e. The zero-order valence-electron chi connectivity index (χ0n) is 7.73. The van der Waals surface area contributed by atoms with Crippen LogP contribution in [0.5, 0.6) is 0 Å². The van der Waals surface area contributed by atoms with Crippen molar-refractivity contribution in [2.24, 2.45) is 0 Å². The highest BCUT2D eigenvalue weighted by Gasteiger charge is 2.26. The van der Waals surface area contributed by atoms with Gasteiger partial charge in [0.2, 0.25) is 0 Å². The zero-order valence-corrected chi connectivity index (χ0v) is 8.54. The van der Waals surface area contributed by atoms with Crippen LogP contribution in [0.25, 0.3) is 0 Å². The van der Waals surface area contributed by atoms with Crippen molar-refractivity contribution < 1.29 is 13.2 Å². The molecule has 0 saturated heterocycles. The molecule has 76 valence electrons. The normalized spacial score (nSPS) is 16.8. The van der Waals surface area contributed by atoms with Crippen molar-refractivity contribution in [2.75, 3.05) is 6.26 Å². The Balaban J connectivity index is 2.66. The monoisotopic (exact) mass is 214 g/mol. The number of hydrogen-bond donors (Lipinski definition) is 0. The molecule has 0 amide bonds. The third-order valence-corrected chi connectivity index (χ3v) is 3.34. The molecule has 2 rings (SSSR count). The van der Waals surface area contributed by atoms with Crippen LogP contribution in [-0.2, 0) is 16.4 Å². The van der Waals surface area contributed by atoms with Crippen molar-refractivity contribution in [3.63, 3.8) is 0 Å². The second kappa shape index (κ2) is 2.91. The van der Waals surface area contributed by atoms with Crippen LogP contribution in [-0.4, -0.2) is 30.2 Å². The third-order valence-electron chi connectivity index (χ3n) is 2.24. The molecule has 0 spiro atoms. The lowest BCUT2D eigenvalue weighted by atomic mass is 10.1. The lowest BCUT2D eigenvalue weighted by Gasteiger charge is -2.12. The molecule has 0 radical (unpaired) electrons. The maximum absolute atomic E-state index is 11.5. The van der Waals surface area contributed by atoms with Crippen LogP contribution in [0.1, 0.15) is 23.3 Å². The van der Waals surface area contributed by atoms with Crippen molar-refractivity contribution in [3.05, 3.63) is 11.9 Å². The lowest BCUT2D eigenvalue weighted by Crippen LogP contribution is -2.19. The highest BCUT2D eigenvalue weighted by atomic mass is 32.2. The summed E-state index contributed by atoms with van der Waals surface area (Å²) in [6.45, 7) is 0.622. The predicted molar refractivity (Wildman–Crippen MR) is 48.9 cm³/mol. The van der Waals surface area contributed by atoms with Gasteiger partial charge in [0.1, 0.15) is 10.6 Å². The van der Waals surface area contributed by atoms with E-state index in [1.807, 2.05) is 0 Å². The molecule has 14 heavy (non-hydrogen) atoms. The summed E-state index contributed by atoms with van der Waals surface area (Å²) in [5.74, 6) is -0.130. The Kier molecular flexibility index (Phi) is 1.95. The van der Waals surface area contributed by atoms with Gasteiger partial charge in [-0.05, 0) is 6.42 Å². The van der Waals surface area contributed by atoms with E-state index in [2.05, 4.69) is 5.10 Å². The number of nitrogens with zero attached hydrogens (tertiary/aromatic N) is 2. The van der Waals surface area contributed by atoms with Crippen molar-refractivity contribution in [1.82, 2.24) is 9.78 Å². The smallest absolute Gasteiger partial charge is 0.182 e. The first-order valence-corrected chi connectivity index (χ1v) is 6.18. The Bertz CT molecular complexity index is 487. The van der Waals surface area contributed by atoms with Crippen molar-refractivity contribution in [2.45, 2.75) is 24.3 Å². The summed E-state index contributed by atoms with van der Waals surface area (Å²) in [6.07, 6.45) is 3.49. The Labute approximate surface area is 81.6 Å². The second-order valence-corrected chi connectivity index (χ2v) is 5.36. The van der Waals surface area contributed by atoms with Crippen molar-refractivity contribution in [1.29, 1.82) is 0 Å². The number of carbonyl (C=O) groups is 1. The minimum atomic E-state index is -3.34. The van der Waals surface area contributed by atoms with E-state index in [0.717, 1.165) is 12.7 Å². The highest BCUT2D eigenvalue weighted by molar-refractivity contribution is 7.90. The number of aryl methyl sites for hydroxylation is 1. The molecular weight excluding hydrogens is 204 g/mol. The molecule has 0 saturated carbocycles. The van der Waals surface area contributed by atoms with E-state index in [0.29, 0.717) is 13.0 Å². The average molecular weight is 214 g/mol. The molecule has 0 fully saturated rings. The molecular formula is C8H10N2O3S. The van der Waals surface area contributed by atoms with Gasteiger partial charge in [0.05, 0.1) is 6.20 Å². The van der Waals surface area contributed by atoms with Gasteiger partial charge in [-0.2, -0.15) is 5.10 Å². The summed E-state index contributed by atoms with van der Waals surface area (Å²) in [5.41, 5.74) is 0.249. The number of fused-ring (bicyclic) bond motifs is 1. The Morgan fingerprint density at radius 3 is 2.86 bits per heavy atom. The van der Waals surface area contributed by atoms with Gasteiger partial charge in [-0.3, -0.25) is 9.48 Å². The third kappa shape index (κ3) is 1.35. The molecule has 6 heteroatoms. The van der Waals surface area contributed by atoms with Gasteiger partial charge in [0, 0.05) is 19.2 Å². The van der Waals surface area contributed by atoms with E-state index >= 15 is 0 Å². The second-order valence-electron chi connectivity index (χ2n) is 3.38. The van der Waals surface area contributed by atoms with E-state index in [1.54, 1.807) is 0 Å². The van der Waals surface area contributed by atoms with Crippen molar-refractivity contribution >= 4 is 15.6 Å². The van der Waals surface area contributed by atoms with Crippen LogP contribution in [0.15, 0.2) is 11.1 Å². The standard InChI is InChI=1S/C8H10N2O3S/c1-14(12,13)7-5-9-10-4-2-3-6(11)8(7)10/h5H,2-4H2,1H3. The molecule has 2 heterocycles. The first-order chi connectivity index (χ1) is 6.50. The summed E-state index contributed by atoms with van der Waals surface area (Å²) in [7, 11) is -3.34. The quantitative estimate of drug-likeness (QED) is 0.672. The van der Waals surface area contributed by atoms with Gasteiger partial charge in [0.15, 0.2) is 15.6 Å². The highest BCUT2D eigenvalue weighted by Crippen LogP contribution is 2.21. The lowest BCUT2D eigenvalue weighted by molar-refractivity contribution is 0.0948. The fraction of sp³-hybridized carbons (Fsp3) is 0.500. The van der Waals surface area contributed by atoms with Crippen LogP contribution >= 0.6 is 0 Å². The zero-order chi connectivity index (χ0) is 10.3. The molecule has 1 aromatic rings. The Morgan fingerprint density at radius 1 is 1.50 bits per heavy atom. The topological polar surface area (TPSA) is 69.0 Å². The van der Waals surface area contributed by atoms with Gasteiger partial charge in [-0.25, -0.2) is 8.42 Å². The Morgan fingerprint density at radius 2 is 2.21 bits per heavy atom.